The van der Waals surface area contributed by atoms with E-state index < -0.39 is 16.0 Å². The second kappa shape index (κ2) is 11.3. The van der Waals surface area contributed by atoms with Gasteiger partial charge in [0.1, 0.15) is 0 Å². The average Bonchev–Trinajstić information content (AvgIpc) is 2.81. The van der Waals surface area contributed by atoms with Gasteiger partial charge in [0.05, 0.1) is 24.2 Å². The molecule has 0 aliphatic carbocycles. The molecule has 3 rings (SSSR count). The van der Waals surface area contributed by atoms with Crippen molar-refractivity contribution in [1.82, 2.24) is 4.72 Å². The largest absolute Gasteiger partial charge is 0.465 e. The first kappa shape index (κ1) is 24.8. The summed E-state index contributed by atoms with van der Waals surface area (Å²) in [6.45, 7) is 0.797. The van der Waals surface area contributed by atoms with Crippen molar-refractivity contribution in [2.24, 2.45) is 0 Å². The first-order valence-corrected chi connectivity index (χ1v) is 12.4. The van der Waals surface area contributed by atoms with Crippen LogP contribution < -0.4 is 10.5 Å². The van der Waals surface area contributed by atoms with Crippen LogP contribution in [0.25, 0.3) is 0 Å². The van der Waals surface area contributed by atoms with Gasteiger partial charge in [-0.05, 0) is 47.9 Å². The SMILES string of the molecule is COCc1ccc(CCNS(=O)(=O)c2ccc(Sc3ccccc3C(=O)OC)c(N)c2)cc1. The minimum absolute atomic E-state index is 0.0843. The molecule has 7 nitrogen and oxygen atoms in total. The highest BCUT2D eigenvalue weighted by Gasteiger charge is 2.17. The van der Waals surface area contributed by atoms with Crippen LogP contribution in [0.4, 0.5) is 5.69 Å². The Morgan fingerprint density at radius 3 is 2.33 bits per heavy atom. The Hall–Kier alpha value is -2.85. The molecule has 9 heteroatoms. The second-order valence-corrected chi connectivity index (χ2v) is 10.0. The van der Waals surface area contributed by atoms with Gasteiger partial charge in [0.25, 0.3) is 0 Å². The lowest BCUT2D eigenvalue weighted by atomic mass is 10.1. The first-order valence-electron chi connectivity index (χ1n) is 10.1. The first-order chi connectivity index (χ1) is 15.8. The molecule has 3 N–H and O–H groups in total. The van der Waals surface area contributed by atoms with Gasteiger partial charge in [0.15, 0.2) is 0 Å². The van der Waals surface area contributed by atoms with Gasteiger partial charge < -0.3 is 15.2 Å². The molecular weight excluding hydrogens is 460 g/mol. The van der Waals surface area contributed by atoms with E-state index in [1.807, 2.05) is 24.3 Å². The number of ether oxygens (including phenoxy) is 2. The number of esters is 1. The second-order valence-electron chi connectivity index (χ2n) is 7.19. The Bertz CT molecular complexity index is 1210. The molecule has 0 unspecified atom stereocenters. The molecule has 0 saturated heterocycles. The van der Waals surface area contributed by atoms with E-state index in [9.17, 15) is 13.2 Å². The topological polar surface area (TPSA) is 108 Å². The zero-order valence-corrected chi connectivity index (χ0v) is 20.0. The molecule has 0 spiro atoms. The minimum atomic E-state index is -3.72. The van der Waals surface area contributed by atoms with Crippen molar-refractivity contribution >= 4 is 33.4 Å². The van der Waals surface area contributed by atoms with E-state index >= 15 is 0 Å². The molecule has 0 aromatic heterocycles. The molecule has 3 aromatic carbocycles. The number of nitrogens with one attached hydrogen (secondary N) is 1. The molecule has 3 aromatic rings. The Labute approximate surface area is 198 Å². The van der Waals surface area contributed by atoms with Crippen molar-refractivity contribution in [1.29, 1.82) is 0 Å². The minimum Gasteiger partial charge on any atom is -0.465 e. The average molecular weight is 487 g/mol. The number of sulfonamides is 1. The molecule has 174 valence electrons. The normalized spacial score (nSPS) is 11.3. The van der Waals surface area contributed by atoms with E-state index in [0.717, 1.165) is 11.1 Å². The summed E-state index contributed by atoms with van der Waals surface area (Å²) in [5, 5.41) is 0. The standard InChI is InChI=1S/C24H26N2O5S2/c1-30-16-18-9-7-17(8-10-18)13-14-26-33(28,29)19-11-12-23(21(25)15-19)32-22-6-4-3-5-20(22)24(27)31-2/h3-12,15,26H,13-14,16,25H2,1-2H3. The Kier molecular flexibility index (Phi) is 8.51. The fourth-order valence-corrected chi connectivity index (χ4v) is 5.15. The molecule has 0 atom stereocenters. The molecule has 0 heterocycles. The molecule has 0 aliphatic heterocycles. The van der Waals surface area contributed by atoms with E-state index in [0.29, 0.717) is 34.1 Å². The summed E-state index contributed by atoms with van der Waals surface area (Å²) in [7, 11) is -0.757. The number of benzene rings is 3. The fourth-order valence-electron chi connectivity index (χ4n) is 3.12. The maximum Gasteiger partial charge on any atom is 0.339 e. The van der Waals surface area contributed by atoms with E-state index in [4.69, 9.17) is 15.2 Å². The number of rotatable bonds is 10. The van der Waals surface area contributed by atoms with Crippen molar-refractivity contribution in [3.8, 4) is 0 Å². The number of carbonyl (C=O) groups is 1. The van der Waals surface area contributed by atoms with Crippen LogP contribution in [0.15, 0.2) is 81.4 Å². The van der Waals surface area contributed by atoms with Crippen molar-refractivity contribution in [3.05, 3.63) is 83.4 Å². The monoisotopic (exact) mass is 486 g/mol. The zero-order chi connectivity index (χ0) is 23.8. The number of methoxy groups -OCH3 is 2. The summed E-state index contributed by atoms with van der Waals surface area (Å²) in [5.41, 5.74) is 8.94. The lowest BCUT2D eigenvalue weighted by molar-refractivity contribution is 0.0596. The van der Waals surface area contributed by atoms with Crippen LogP contribution in [0, 0.1) is 0 Å². The number of anilines is 1. The Morgan fingerprint density at radius 1 is 0.970 bits per heavy atom. The van der Waals surface area contributed by atoms with Gasteiger partial charge in [-0.2, -0.15) is 0 Å². The van der Waals surface area contributed by atoms with Crippen molar-refractivity contribution in [2.45, 2.75) is 27.7 Å². The third-order valence-corrected chi connectivity index (χ3v) is 7.47. The third-order valence-electron chi connectivity index (χ3n) is 4.84. The number of carbonyl (C=O) groups excluding carboxylic acids is 1. The highest BCUT2D eigenvalue weighted by Crippen LogP contribution is 2.35. The predicted molar refractivity (Wildman–Crippen MR) is 129 cm³/mol. The van der Waals surface area contributed by atoms with Crippen LogP contribution in [0.1, 0.15) is 21.5 Å². The van der Waals surface area contributed by atoms with Gasteiger partial charge in [0, 0.05) is 29.1 Å². The smallest absolute Gasteiger partial charge is 0.339 e. The quantitative estimate of drug-likeness (QED) is 0.331. The molecule has 33 heavy (non-hydrogen) atoms. The number of hydrogen-bond donors (Lipinski definition) is 2. The molecular formula is C24H26N2O5S2. The predicted octanol–water partition coefficient (Wildman–Crippen LogP) is 3.87. The van der Waals surface area contributed by atoms with Gasteiger partial charge in [-0.3, -0.25) is 0 Å². The summed E-state index contributed by atoms with van der Waals surface area (Å²) in [4.78, 5) is 13.4. The highest BCUT2D eigenvalue weighted by molar-refractivity contribution is 7.99. The molecule has 0 radical (unpaired) electrons. The van der Waals surface area contributed by atoms with Crippen LogP contribution in [0.2, 0.25) is 0 Å². The maximum atomic E-state index is 12.7. The van der Waals surface area contributed by atoms with Crippen molar-refractivity contribution in [2.75, 3.05) is 26.5 Å². The van der Waals surface area contributed by atoms with Gasteiger partial charge in [-0.25, -0.2) is 17.9 Å². The summed E-state index contributed by atoms with van der Waals surface area (Å²) < 4.78 is 38.0. The molecule has 0 aliphatic rings. The summed E-state index contributed by atoms with van der Waals surface area (Å²) >= 11 is 1.27. The van der Waals surface area contributed by atoms with Crippen LogP contribution in [0.3, 0.4) is 0 Å². The van der Waals surface area contributed by atoms with Crippen LogP contribution in [-0.2, 0) is 32.5 Å². The summed E-state index contributed by atoms with van der Waals surface area (Å²) in [6.07, 6.45) is 0.556. The van der Waals surface area contributed by atoms with E-state index in [1.54, 1.807) is 37.4 Å². The lowest BCUT2D eigenvalue weighted by Crippen LogP contribution is -2.26. The maximum absolute atomic E-state index is 12.7. The summed E-state index contributed by atoms with van der Waals surface area (Å²) in [5.74, 6) is -0.451. The number of nitrogens with two attached hydrogens (primary N) is 1. The molecule has 0 saturated carbocycles. The fraction of sp³-hybridized carbons (Fsp3) is 0.208. The summed E-state index contributed by atoms with van der Waals surface area (Å²) in [6, 6.07) is 19.4. The highest BCUT2D eigenvalue weighted by atomic mass is 32.2. The zero-order valence-electron chi connectivity index (χ0n) is 18.4. The van der Waals surface area contributed by atoms with Gasteiger partial charge in [-0.15, -0.1) is 0 Å². The van der Waals surface area contributed by atoms with Gasteiger partial charge >= 0.3 is 5.97 Å². The van der Waals surface area contributed by atoms with Crippen molar-refractivity contribution < 1.29 is 22.7 Å². The van der Waals surface area contributed by atoms with Crippen LogP contribution in [0.5, 0.6) is 0 Å². The van der Waals surface area contributed by atoms with Gasteiger partial charge in [-0.1, -0.05) is 48.2 Å². The molecule has 0 fully saturated rings. The third kappa shape index (κ3) is 6.58. The van der Waals surface area contributed by atoms with E-state index in [2.05, 4.69) is 4.72 Å². The van der Waals surface area contributed by atoms with Gasteiger partial charge in [0.2, 0.25) is 10.0 Å². The van der Waals surface area contributed by atoms with Crippen molar-refractivity contribution in [3.63, 3.8) is 0 Å². The molecule has 0 bridgehead atoms. The van der Waals surface area contributed by atoms with E-state index in [-0.39, 0.29) is 11.4 Å². The van der Waals surface area contributed by atoms with Crippen LogP contribution in [-0.4, -0.2) is 35.2 Å². The lowest BCUT2D eigenvalue weighted by Gasteiger charge is -2.12. The number of hydrogen-bond acceptors (Lipinski definition) is 7. The van der Waals surface area contributed by atoms with Crippen LogP contribution >= 0.6 is 11.8 Å². The Balaban J connectivity index is 1.66. The Morgan fingerprint density at radius 2 is 1.67 bits per heavy atom. The van der Waals surface area contributed by atoms with E-state index in [1.165, 1.54) is 31.0 Å². The molecule has 0 amide bonds. The number of nitrogen functional groups attached to an aromatic ring is 1.